The third-order valence-electron chi connectivity index (χ3n) is 14.0. The molecule has 0 unspecified atom stereocenters. The SMILES string of the molecule is C=CC(=O)N1CC[C@](O)(C(=O)N(C)[C@H](C(=O)N[C@H]2Cc3cc(OC(=O)NCC(=O)O)cc(c3)-c3ccc4c(c3)c(c(-c3ccccc3CCOC)n4CC)CC(C)(C)COC(=O)[C@@H]3CCCN(N3)C2=O)C(C)C)C1. The first-order valence-electron chi connectivity index (χ1n) is 25.2. The van der Waals surface area contributed by atoms with Crippen molar-refractivity contribution in [2.45, 2.75) is 103 Å². The molecule has 5 amide bonds. The average molecular weight is 1020 g/mol. The summed E-state index contributed by atoms with van der Waals surface area (Å²) in [4.78, 5) is 97.2. The number of hydrazine groups is 1. The summed E-state index contributed by atoms with van der Waals surface area (Å²) in [5.41, 5.74) is 7.33. The first-order chi connectivity index (χ1) is 35.2. The fourth-order valence-electron chi connectivity index (χ4n) is 10.5. The molecule has 4 aromatic rings. The van der Waals surface area contributed by atoms with Crippen LogP contribution in [0.25, 0.3) is 33.3 Å². The number of aliphatic hydroxyl groups is 1. The quantitative estimate of drug-likeness (QED) is 0.0857. The van der Waals surface area contributed by atoms with Gasteiger partial charge in [0.2, 0.25) is 11.8 Å². The molecule has 7 rings (SSSR count). The minimum Gasteiger partial charge on any atom is -0.480 e. The molecule has 5 N–H and O–H groups in total. The van der Waals surface area contributed by atoms with Crippen molar-refractivity contribution < 1.29 is 58.0 Å². The first kappa shape index (κ1) is 54.7. The average Bonchev–Trinajstić information content (AvgIpc) is 3.92. The van der Waals surface area contributed by atoms with Crippen LogP contribution in [0.3, 0.4) is 0 Å². The minimum atomic E-state index is -1.99. The fraction of sp³-hybridized carbons (Fsp3) is 0.473. The lowest BCUT2D eigenvalue weighted by molar-refractivity contribution is -0.156. The van der Waals surface area contributed by atoms with Crippen LogP contribution >= 0.6 is 0 Å². The van der Waals surface area contributed by atoms with Crippen LogP contribution in [0.2, 0.25) is 0 Å². The largest absolute Gasteiger partial charge is 0.480 e. The maximum Gasteiger partial charge on any atom is 0.413 e. The molecule has 3 aromatic carbocycles. The molecule has 0 aliphatic carbocycles. The van der Waals surface area contributed by atoms with Crippen LogP contribution in [-0.2, 0) is 64.0 Å². The van der Waals surface area contributed by atoms with Gasteiger partial charge in [0.25, 0.3) is 11.8 Å². The van der Waals surface area contributed by atoms with E-state index >= 15 is 0 Å². The van der Waals surface area contributed by atoms with Crippen molar-refractivity contribution in [3.8, 4) is 28.1 Å². The lowest BCUT2D eigenvalue weighted by atomic mass is 9.83. The van der Waals surface area contributed by atoms with Gasteiger partial charge in [-0.25, -0.2) is 10.2 Å². The number of rotatable bonds is 14. The molecule has 6 bridgehead atoms. The molecular weight excluding hydrogens is 951 g/mol. The second-order valence-corrected chi connectivity index (χ2v) is 20.6. The van der Waals surface area contributed by atoms with Crippen molar-refractivity contribution in [1.29, 1.82) is 0 Å². The molecule has 3 aliphatic rings. The predicted octanol–water partition coefficient (Wildman–Crippen LogP) is 4.64. The van der Waals surface area contributed by atoms with Gasteiger partial charge in [0.15, 0.2) is 5.60 Å². The van der Waals surface area contributed by atoms with Crippen LogP contribution in [0.15, 0.2) is 73.3 Å². The van der Waals surface area contributed by atoms with E-state index in [4.69, 9.17) is 14.2 Å². The number of hydrogen-bond acceptors (Lipinski definition) is 12. The molecule has 3 aliphatic heterocycles. The summed E-state index contributed by atoms with van der Waals surface area (Å²) in [5, 5.41) is 28.2. The number of aromatic nitrogens is 1. The van der Waals surface area contributed by atoms with Gasteiger partial charge in [-0.1, -0.05) is 70.7 Å². The van der Waals surface area contributed by atoms with Crippen molar-refractivity contribution in [1.82, 2.24) is 35.4 Å². The van der Waals surface area contributed by atoms with Gasteiger partial charge < -0.3 is 49.4 Å². The Balaban J connectivity index is 1.37. The number of carboxylic acids is 1. The number of likely N-dealkylation sites (tertiary alicyclic amines) is 1. The van der Waals surface area contributed by atoms with Gasteiger partial charge in [0.05, 0.1) is 25.5 Å². The normalized spacial score (nSPS) is 20.3. The number of cyclic esters (lactones) is 1. The van der Waals surface area contributed by atoms with E-state index in [2.05, 4.69) is 52.3 Å². The van der Waals surface area contributed by atoms with E-state index in [0.717, 1.165) is 44.3 Å². The van der Waals surface area contributed by atoms with Crippen LogP contribution in [0, 0.1) is 11.3 Å². The molecule has 0 saturated carbocycles. The summed E-state index contributed by atoms with van der Waals surface area (Å²) >= 11 is 0. The number of carbonyl (C=O) groups excluding carboxylic acids is 6. The fourth-order valence-corrected chi connectivity index (χ4v) is 10.5. The minimum absolute atomic E-state index is 0.0192. The Morgan fingerprint density at radius 1 is 1.04 bits per heavy atom. The number of carbonyl (C=O) groups is 7. The summed E-state index contributed by atoms with van der Waals surface area (Å²) in [5.74, 6) is -4.91. The van der Waals surface area contributed by atoms with Gasteiger partial charge >= 0.3 is 18.0 Å². The molecule has 2 saturated heterocycles. The third kappa shape index (κ3) is 12.1. The van der Waals surface area contributed by atoms with Crippen LogP contribution in [0.1, 0.15) is 70.6 Å². The number of nitrogens with one attached hydrogen (secondary N) is 3. The molecule has 4 atom stereocenters. The summed E-state index contributed by atoms with van der Waals surface area (Å²) in [6.07, 6.45) is 1.75. The number of methoxy groups -OCH3 is 1. The van der Waals surface area contributed by atoms with E-state index in [1.807, 2.05) is 44.2 Å². The first-order valence-corrected chi connectivity index (χ1v) is 25.2. The Bertz CT molecular complexity index is 2820. The number of β-amino-alcohol motifs (C(OH)–C–C–N with tert-alkyl or cyclic N) is 1. The lowest BCUT2D eigenvalue weighted by Gasteiger charge is -2.37. The Morgan fingerprint density at radius 3 is 2.50 bits per heavy atom. The Hall–Kier alpha value is -7.09. The standard InChI is InChI=1S/C55H69N7O12/c1-9-45(63)60-22-20-55(71,31-60)52(69)59(7)47(33(3)4)49(66)57-43-26-34-24-37(27-38(25-34)74-53(70)56-30-46(64)65)36-17-18-44-40(28-36)41(48(61(44)10-2)39-15-12-11-14-35(39)19-23-72-8)29-54(5,6)32-73-51(68)42-16-13-21-62(58-42)50(43)67/h9,11-12,14-15,17-18,24-25,27-28,33,42-43,47,58,71H,1,10,13,16,19-23,26,29-32H2,2-8H3,(H,56,70)(H,57,66)(H,64,65)/t42-,43-,47-,55+/m0/s1. The van der Waals surface area contributed by atoms with Crippen LogP contribution in [-0.4, -0.2) is 149 Å². The van der Waals surface area contributed by atoms with Crippen molar-refractivity contribution in [2.75, 3.05) is 53.6 Å². The molecule has 396 valence electrons. The molecule has 4 heterocycles. The smallest absolute Gasteiger partial charge is 0.413 e. The highest BCUT2D eigenvalue weighted by atomic mass is 16.6. The highest BCUT2D eigenvalue weighted by molar-refractivity contribution is 5.97. The van der Waals surface area contributed by atoms with Gasteiger partial charge in [0.1, 0.15) is 30.4 Å². The van der Waals surface area contributed by atoms with Crippen molar-refractivity contribution in [2.24, 2.45) is 11.3 Å². The molecule has 2 fully saturated rings. The van der Waals surface area contributed by atoms with E-state index in [9.17, 15) is 43.8 Å². The zero-order valence-electron chi connectivity index (χ0n) is 43.3. The van der Waals surface area contributed by atoms with E-state index in [1.54, 1.807) is 27.0 Å². The second-order valence-electron chi connectivity index (χ2n) is 20.6. The summed E-state index contributed by atoms with van der Waals surface area (Å²) in [6, 6.07) is 15.8. The molecular formula is C55H69N7O12. The van der Waals surface area contributed by atoms with Crippen molar-refractivity contribution in [3.63, 3.8) is 0 Å². The summed E-state index contributed by atoms with van der Waals surface area (Å²) < 4.78 is 19.6. The predicted molar refractivity (Wildman–Crippen MR) is 275 cm³/mol. The Labute approximate surface area is 431 Å². The van der Waals surface area contributed by atoms with Crippen molar-refractivity contribution in [3.05, 3.63) is 90.0 Å². The van der Waals surface area contributed by atoms with Crippen LogP contribution in [0.5, 0.6) is 5.75 Å². The number of benzene rings is 3. The van der Waals surface area contributed by atoms with E-state index < -0.39 is 83.3 Å². The van der Waals surface area contributed by atoms with Crippen molar-refractivity contribution >= 4 is 52.6 Å². The Morgan fingerprint density at radius 2 is 1.80 bits per heavy atom. The number of fused-ring (bicyclic) bond motifs is 6. The molecule has 0 spiro atoms. The number of nitrogens with zero attached hydrogens (tertiary/aromatic N) is 4. The number of amides is 5. The second kappa shape index (κ2) is 23.0. The Kier molecular flexibility index (Phi) is 17.0. The number of carboxylic acid groups (broad SMARTS) is 1. The van der Waals surface area contributed by atoms with Gasteiger partial charge in [-0.3, -0.25) is 33.8 Å². The van der Waals surface area contributed by atoms with Gasteiger partial charge in [-0.15, -0.1) is 0 Å². The molecule has 74 heavy (non-hydrogen) atoms. The number of ether oxygens (including phenoxy) is 3. The third-order valence-corrected chi connectivity index (χ3v) is 14.0. The zero-order valence-corrected chi connectivity index (χ0v) is 43.3. The van der Waals surface area contributed by atoms with Gasteiger partial charge in [-0.2, -0.15) is 0 Å². The number of aryl methyl sites for hydroxylation is 1. The topological polar surface area (TPSA) is 238 Å². The van der Waals surface area contributed by atoms with E-state index in [0.29, 0.717) is 55.5 Å². The number of esters is 1. The lowest BCUT2D eigenvalue weighted by Crippen LogP contribution is -2.63. The summed E-state index contributed by atoms with van der Waals surface area (Å²) in [6.45, 7) is 13.6. The number of hydrogen-bond donors (Lipinski definition) is 5. The molecule has 0 radical (unpaired) electrons. The van der Waals surface area contributed by atoms with Gasteiger partial charge in [-0.05, 0) is 96.7 Å². The van der Waals surface area contributed by atoms with Gasteiger partial charge in [0, 0.05) is 68.5 Å². The highest BCUT2D eigenvalue weighted by Crippen LogP contribution is 2.42. The monoisotopic (exact) mass is 1020 g/mol. The highest BCUT2D eigenvalue weighted by Gasteiger charge is 2.48. The molecule has 19 heteroatoms. The zero-order chi connectivity index (χ0) is 53.6. The maximum absolute atomic E-state index is 15.0. The van der Waals surface area contributed by atoms with E-state index in [1.165, 1.54) is 23.0 Å². The molecule has 19 nitrogen and oxygen atoms in total. The van der Waals surface area contributed by atoms with Crippen LogP contribution < -0.4 is 20.8 Å². The van der Waals surface area contributed by atoms with Crippen LogP contribution in [0.4, 0.5) is 4.79 Å². The molecule has 1 aromatic heterocycles. The summed E-state index contributed by atoms with van der Waals surface area (Å²) in [7, 11) is 3.06. The maximum atomic E-state index is 15.0. The number of aliphatic carboxylic acids is 1. The van der Waals surface area contributed by atoms with E-state index in [-0.39, 0.29) is 44.8 Å². The number of likely N-dealkylation sites (N-methyl/N-ethyl adjacent to an activating group) is 1.